The van der Waals surface area contributed by atoms with Crippen molar-refractivity contribution in [1.29, 1.82) is 0 Å². The molecular formula is C16H19ClN4. The van der Waals surface area contributed by atoms with E-state index in [9.17, 15) is 0 Å². The number of nitrogens with one attached hydrogen (secondary N) is 1. The lowest BCUT2D eigenvalue weighted by Crippen LogP contribution is -2.33. The number of fused-ring (bicyclic) bond motifs is 2. The summed E-state index contributed by atoms with van der Waals surface area (Å²) in [6.45, 7) is 3.25. The second-order valence-corrected chi connectivity index (χ2v) is 6.57. The van der Waals surface area contributed by atoms with E-state index in [1.165, 1.54) is 17.5 Å². The molecule has 2 aromatic rings. The highest BCUT2D eigenvalue weighted by Crippen LogP contribution is 2.27. The molecule has 0 bridgehead atoms. The zero-order chi connectivity index (χ0) is 14.4. The molecule has 4 nitrogen and oxygen atoms in total. The SMILES string of the molecule is CC(NC1Cc2ccc(Cl)cc2C1)c1nnc2n1CCC2. The van der Waals surface area contributed by atoms with Gasteiger partial charge in [-0.1, -0.05) is 17.7 Å². The van der Waals surface area contributed by atoms with Crippen LogP contribution in [0.5, 0.6) is 0 Å². The third-order valence-corrected chi connectivity index (χ3v) is 4.85. The first-order valence-electron chi connectivity index (χ1n) is 7.66. The number of aromatic nitrogens is 3. The Hall–Kier alpha value is -1.39. The molecule has 1 aromatic carbocycles. The predicted octanol–water partition coefficient (Wildman–Crippen LogP) is 2.70. The molecule has 1 aliphatic carbocycles. The van der Waals surface area contributed by atoms with Gasteiger partial charge in [0.1, 0.15) is 11.6 Å². The van der Waals surface area contributed by atoms with Crippen LogP contribution in [0.15, 0.2) is 18.2 Å². The van der Waals surface area contributed by atoms with E-state index >= 15 is 0 Å². The zero-order valence-electron chi connectivity index (χ0n) is 12.1. The third-order valence-electron chi connectivity index (χ3n) is 4.61. The number of nitrogens with zero attached hydrogens (tertiary/aromatic N) is 3. The van der Waals surface area contributed by atoms with Crippen LogP contribution in [0.2, 0.25) is 5.02 Å². The fourth-order valence-corrected chi connectivity index (χ4v) is 3.82. The van der Waals surface area contributed by atoms with Gasteiger partial charge >= 0.3 is 0 Å². The van der Waals surface area contributed by atoms with Gasteiger partial charge in [-0.15, -0.1) is 10.2 Å². The van der Waals surface area contributed by atoms with Gasteiger partial charge in [0.2, 0.25) is 0 Å². The van der Waals surface area contributed by atoms with Crippen molar-refractivity contribution in [2.24, 2.45) is 0 Å². The highest BCUT2D eigenvalue weighted by molar-refractivity contribution is 6.30. The van der Waals surface area contributed by atoms with Crippen LogP contribution in [0.1, 0.15) is 42.2 Å². The smallest absolute Gasteiger partial charge is 0.149 e. The Balaban J connectivity index is 1.47. The van der Waals surface area contributed by atoms with Gasteiger partial charge in [0.15, 0.2) is 0 Å². The maximum atomic E-state index is 6.08. The Morgan fingerprint density at radius 3 is 3.05 bits per heavy atom. The van der Waals surface area contributed by atoms with Gasteiger partial charge in [-0.3, -0.25) is 0 Å². The van der Waals surface area contributed by atoms with Gasteiger partial charge in [0.25, 0.3) is 0 Å². The third kappa shape index (κ3) is 2.36. The lowest BCUT2D eigenvalue weighted by molar-refractivity contribution is 0.439. The topological polar surface area (TPSA) is 42.7 Å². The van der Waals surface area contributed by atoms with E-state index in [2.05, 4.69) is 39.1 Å². The largest absolute Gasteiger partial charge is 0.314 e. The molecule has 2 aliphatic rings. The van der Waals surface area contributed by atoms with Gasteiger partial charge in [-0.2, -0.15) is 0 Å². The highest BCUT2D eigenvalue weighted by Gasteiger charge is 2.26. The molecule has 5 heteroatoms. The minimum atomic E-state index is 0.235. The summed E-state index contributed by atoms with van der Waals surface area (Å²) in [7, 11) is 0. The van der Waals surface area contributed by atoms with E-state index in [-0.39, 0.29) is 6.04 Å². The number of rotatable bonds is 3. The summed E-state index contributed by atoms with van der Waals surface area (Å²) in [5.74, 6) is 2.22. The Kier molecular flexibility index (Phi) is 3.23. The van der Waals surface area contributed by atoms with E-state index in [0.717, 1.165) is 42.5 Å². The van der Waals surface area contributed by atoms with E-state index in [4.69, 9.17) is 11.6 Å². The zero-order valence-corrected chi connectivity index (χ0v) is 12.9. The van der Waals surface area contributed by atoms with Crippen LogP contribution in [-0.2, 0) is 25.8 Å². The average molecular weight is 303 g/mol. The fraction of sp³-hybridized carbons (Fsp3) is 0.500. The van der Waals surface area contributed by atoms with Crippen molar-refractivity contribution in [3.8, 4) is 0 Å². The number of aryl methyl sites for hydroxylation is 1. The second-order valence-electron chi connectivity index (χ2n) is 6.14. The van der Waals surface area contributed by atoms with Crippen LogP contribution in [-0.4, -0.2) is 20.8 Å². The molecule has 2 unspecified atom stereocenters. The Morgan fingerprint density at radius 1 is 1.29 bits per heavy atom. The van der Waals surface area contributed by atoms with E-state index < -0.39 is 0 Å². The molecule has 0 radical (unpaired) electrons. The molecular weight excluding hydrogens is 284 g/mol. The van der Waals surface area contributed by atoms with E-state index in [0.29, 0.717) is 6.04 Å². The average Bonchev–Trinajstić information content (AvgIpc) is 3.10. The number of hydrogen-bond acceptors (Lipinski definition) is 3. The maximum Gasteiger partial charge on any atom is 0.149 e. The van der Waals surface area contributed by atoms with Crippen molar-refractivity contribution >= 4 is 11.6 Å². The minimum Gasteiger partial charge on any atom is -0.314 e. The van der Waals surface area contributed by atoms with Crippen molar-refractivity contribution in [3.63, 3.8) is 0 Å². The Morgan fingerprint density at radius 2 is 2.14 bits per heavy atom. The van der Waals surface area contributed by atoms with Crippen LogP contribution in [0.4, 0.5) is 0 Å². The molecule has 4 rings (SSSR count). The highest BCUT2D eigenvalue weighted by atomic mass is 35.5. The van der Waals surface area contributed by atoms with Gasteiger partial charge < -0.3 is 9.88 Å². The molecule has 21 heavy (non-hydrogen) atoms. The minimum absolute atomic E-state index is 0.235. The molecule has 0 amide bonds. The first-order chi connectivity index (χ1) is 10.2. The Bertz CT molecular complexity index is 679. The molecule has 0 spiro atoms. The number of halogens is 1. The molecule has 2 heterocycles. The Labute approximate surface area is 129 Å². The maximum absolute atomic E-state index is 6.08. The van der Waals surface area contributed by atoms with E-state index in [1.54, 1.807) is 0 Å². The molecule has 0 saturated carbocycles. The summed E-state index contributed by atoms with van der Waals surface area (Å²) < 4.78 is 2.27. The number of benzene rings is 1. The van der Waals surface area contributed by atoms with Crippen LogP contribution >= 0.6 is 11.6 Å². The van der Waals surface area contributed by atoms with Gasteiger partial charge in [-0.05, 0) is 49.4 Å². The summed E-state index contributed by atoms with van der Waals surface area (Å²) in [6, 6.07) is 6.93. The second kappa shape index (κ2) is 5.11. The van der Waals surface area contributed by atoms with Crippen molar-refractivity contribution in [2.45, 2.75) is 51.2 Å². The summed E-state index contributed by atoms with van der Waals surface area (Å²) in [6.07, 6.45) is 4.37. The van der Waals surface area contributed by atoms with E-state index in [1.807, 2.05) is 6.07 Å². The van der Waals surface area contributed by atoms with Crippen LogP contribution in [0, 0.1) is 0 Å². The molecule has 0 saturated heterocycles. The summed E-state index contributed by atoms with van der Waals surface area (Å²) in [4.78, 5) is 0. The molecule has 1 N–H and O–H groups in total. The molecule has 1 aliphatic heterocycles. The predicted molar refractivity (Wildman–Crippen MR) is 82.5 cm³/mol. The first-order valence-corrected chi connectivity index (χ1v) is 8.04. The van der Waals surface area contributed by atoms with Crippen LogP contribution in [0.25, 0.3) is 0 Å². The standard InChI is InChI=1S/C16H19ClN4/c1-10(16-20-19-15-3-2-6-21(15)16)18-14-8-11-4-5-13(17)7-12(11)9-14/h4-5,7,10,14,18H,2-3,6,8-9H2,1H3. The van der Waals surface area contributed by atoms with Gasteiger partial charge in [0, 0.05) is 24.0 Å². The van der Waals surface area contributed by atoms with Crippen molar-refractivity contribution in [3.05, 3.63) is 46.0 Å². The fourth-order valence-electron chi connectivity index (χ4n) is 3.63. The summed E-state index contributed by atoms with van der Waals surface area (Å²) >= 11 is 6.08. The molecule has 110 valence electrons. The monoisotopic (exact) mass is 302 g/mol. The summed E-state index contributed by atoms with van der Waals surface area (Å²) in [5, 5.41) is 13.2. The van der Waals surface area contributed by atoms with Crippen LogP contribution < -0.4 is 5.32 Å². The van der Waals surface area contributed by atoms with Gasteiger partial charge in [-0.25, -0.2) is 0 Å². The lowest BCUT2D eigenvalue weighted by Gasteiger charge is -2.18. The normalized spacial score (nSPS) is 21.3. The van der Waals surface area contributed by atoms with Crippen molar-refractivity contribution in [1.82, 2.24) is 20.1 Å². The summed E-state index contributed by atoms with van der Waals surface area (Å²) in [5.41, 5.74) is 2.79. The van der Waals surface area contributed by atoms with Gasteiger partial charge in [0.05, 0.1) is 6.04 Å². The molecule has 1 aromatic heterocycles. The first kappa shape index (κ1) is 13.3. The lowest BCUT2D eigenvalue weighted by atomic mass is 10.1. The molecule has 0 fully saturated rings. The quantitative estimate of drug-likeness (QED) is 0.948. The van der Waals surface area contributed by atoms with Crippen molar-refractivity contribution in [2.75, 3.05) is 0 Å². The van der Waals surface area contributed by atoms with Crippen LogP contribution in [0.3, 0.4) is 0 Å². The number of hydrogen-bond donors (Lipinski definition) is 1. The van der Waals surface area contributed by atoms with Crippen molar-refractivity contribution < 1.29 is 0 Å². The molecule has 2 atom stereocenters.